The van der Waals surface area contributed by atoms with E-state index in [2.05, 4.69) is 15.9 Å². The van der Waals surface area contributed by atoms with Gasteiger partial charge in [0.15, 0.2) is 0 Å². The highest BCUT2D eigenvalue weighted by molar-refractivity contribution is 9.10. The van der Waals surface area contributed by atoms with Crippen molar-refractivity contribution in [2.24, 2.45) is 0 Å². The van der Waals surface area contributed by atoms with Gasteiger partial charge in [-0.3, -0.25) is 4.79 Å². The second kappa shape index (κ2) is 5.25. The van der Waals surface area contributed by atoms with Crippen LogP contribution in [0.25, 0.3) is 0 Å². The van der Waals surface area contributed by atoms with Gasteiger partial charge in [-0.1, -0.05) is 15.9 Å². The first-order valence-electron chi connectivity index (χ1n) is 6.15. The molecule has 1 aliphatic heterocycles. The molecule has 1 amide bonds. The third kappa shape index (κ3) is 2.41. The summed E-state index contributed by atoms with van der Waals surface area (Å²) >= 11 is 3.39. The number of amides is 1. The van der Waals surface area contributed by atoms with E-state index >= 15 is 0 Å². The molecule has 20 heavy (non-hydrogen) atoms. The van der Waals surface area contributed by atoms with Crippen molar-refractivity contribution in [1.82, 2.24) is 0 Å². The lowest BCUT2D eigenvalue weighted by Crippen LogP contribution is -2.37. The van der Waals surface area contributed by atoms with Gasteiger partial charge in [-0.2, -0.15) is 0 Å². The zero-order valence-corrected chi connectivity index (χ0v) is 12.1. The van der Waals surface area contributed by atoms with E-state index in [1.807, 2.05) is 18.2 Å². The van der Waals surface area contributed by atoms with E-state index in [0.717, 1.165) is 10.2 Å². The number of ether oxygens (including phenoxy) is 1. The van der Waals surface area contributed by atoms with E-state index in [0.29, 0.717) is 24.5 Å². The van der Waals surface area contributed by atoms with Crippen LogP contribution >= 0.6 is 15.9 Å². The summed E-state index contributed by atoms with van der Waals surface area (Å²) in [5.41, 5.74) is 1.18. The highest BCUT2D eigenvalue weighted by Crippen LogP contribution is 2.34. The molecular formula is C15H11BrFNO2. The number of fused-ring (bicyclic) bond motifs is 1. The van der Waals surface area contributed by atoms with Gasteiger partial charge in [0.2, 0.25) is 0 Å². The van der Waals surface area contributed by atoms with Gasteiger partial charge in [-0.15, -0.1) is 0 Å². The number of benzene rings is 2. The maximum atomic E-state index is 12.9. The largest absolute Gasteiger partial charge is 0.490 e. The Balaban J connectivity index is 1.97. The van der Waals surface area contributed by atoms with Crippen LogP contribution in [-0.2, 0) is 0 Å². The SMILES string of the molecule is O=C(c1ccc(F)cc1)N1CCOc2ccc(Br)cc21. The van der Waals surface area contributed by atoms with Crippen LogP contribution in [-0.4, -0.2) is 19.1 Å². The van der Waals surface area contributed by atoms with Crippen molar-refractivity contribution in [3.63, 3.8) is 0 Å². The first kappa shape index (κ1) is 13.1. The summed E-state index contributed by atoms with van der Waals surface area (Å²) < 4.78 is 19.3. The van der Waals surface area contributed by atoms with Crippen molar-refractivity contribution in [1.29, 1.82) is 0 Å². The van der Waals surface area contributed by atoms with Gasteiger partial charge in [-0.25, -0.2) is 4.39 Å². The van der Waals surface area contributed by atoms with Crippen LogP contribution in [0.15, 0.2) is 46.9 Å². The zero-order valence-electron chi connectivity index (χ0n) is 10.5. The van der Waals surface area contributed by atoms with Gasteiger partial charge < -0.3 is 9.64 Å². The van der Waals surface area contributed by atoms with Crippen molar-refractivity contribution < 1.29 is 13.9 Å². The Kier molecular flexibility index (Phi) is 3.44. The van der Waals surface area contributed by atoms with Crippen LogP contribution in [0.4, 0.5) is 10.1 Å². The standard InChI is InChI=1S/C15H11BrFNO2/c16-11-3-6-14-13(9-11)18(7-8-20-14)15(19)10-1-4-12(17)5-2-10/h1-6,9H,7-8H2. The molecule has 0 bridgehead atoms. The molecule has 5 heteroatoms. The van der Waals surface area contributed by atoms with Crippen LogP contribution in [0.3, 0.4) is 0 Å². The number of hydrogen-bond donors (Lipinski definition) is 0. The second-order valence-electron chi connectivity index (χ2n) is 4.42. The van der Waals surface area contributed by atoms with Crippen molar-refractivity contribution in [3.05, 3.63) is 58.3 Å². The molecule has 3 nitrogen and oxygen atoms in total. The second-order valence-corrected chi connectivity index (χ2v) is 5.34. The highest BCUT2D eigenvalue weighted by Gasteiger charge is 2.24. The minimum atomic E-state index is -0.355. The molecular weight excluding hydrogens is 325 g/mol. The minimum absolute atomic E-state index is 0.160. The maximum absolute atomic E-state index is 12.9. The summed E-state index contributed by atoms with van der Waals surface area (Å²) in [6.45, 7) is 0.918. The van der Waals surface area contributed by atoms with Crippen molar-refractivity contribution >= 4 is 27.5 Å². The fourth-order valence-corrected chi connectivity index (χ4v) is 2.50. The van der Waals surface area contributed by atoms with Crippen LogP contribution in [0.5, 0.6) is 5.75 Å². The number of carbonyl (C=O) groups is 1. The summed E-state index contributed by atoms with van der Waals surface area (Å²) in [6.07, 6.45) is 0. The van der Waals surface area contributed by atoms with E-state index in [1.165, 1.54) is 24.3 Å². The average molecular weight is 336 g/mol. The molecule has 0 saturated heterocycles. The van der Waals surface area contributed by atoms with E-state index < -0.39 is 0 Å². The smallest absolute Gasteiger partial charge is 0.258 e. The minimum Gasteiger partial charge on any atom is -0.490 e. The van der Waals surface area contributed by atoms with Gasteiger partial charge >= 0.3 is 0 Å². The molecule has 2 aromatic rings. The number of rotatable bonds is 1. The van der Waals surface area contributed by atoms with Crippen LogP contribution in [0.1, 0.15) is 10.4 Å². The number of anilines is 1. The summed E-state index contributed by atoms with van der Waals surface area (Å²) in [6, 6.07) is 11.1. The molecule has 0 radical (unpaired) electrons. The molecule has 0 spiro atoms. The normalized spacial score (nSPS) is 13.6. The summed E-state index contributed by atoms with van der Waals surface area (Å²) in [7, 11) is 0. The zero-order chi connectivity index (χ0) is 14.1. The number of carbonyl (C=O) groups excluding carboxylic acids is 1. The molecule has 0 aliphatic carbocycles. The lowest BCUT2D eigenvalue weighted by atomic mass is 10.1. The maximum Gasteiger partial charge on any atom is 0.258 e. The molecule has 3 rings (SSSR count). The Morgan fingerprint density at radius 1 is 1.20 bits per heavy atom. The number of hydrogen-bond acceptors (Lipinski definition) is 2. The Bertz CT molecular complexity index is 657. The quantitative estimate of drug-likeness (QED) is 0.796. The third-order valence-corrected chi connectivity index (χ3v) is 3.61. The molecule has 0 unspecified atom stereocenters. The van der Waals surface area contributed by atoms with Crippen LogP contribution < -0.4 is 9.64 Å². The van der Waals surface area contributed by atoms with E-state index in [4.69, 9.17) is 4.74 Å². The molecule has 0 aromatic heterocycles. The van der Waals surface area contributed by atoms with Gasteiger partial charge in [-0.05, 0) is 42.5 Å². The predicted molar refractivity (Wildman–Crippen MR) is 77.7 cm³/mol. The monoisotopic (exact) mass is 335 g/mol. The van der Waals surface area contributed by atoms with Crippen molar-refractivity contribution in [2.75, 3.05) is 18.1 Å². The Morgan fingerprint density at radius 3 is 2.70 bits per heavy atom. The van der Waals surface area contributed by atoms with Crippen molar-refractivity contribution in [3.8, 4) is 5.75 Å². The topological polar surface area (TPSA) is 29.5 Å². The Labute approximate surface area is 124 Å². The van der Waals surface area contributed by atoms with Crippen LogP contribution in [0, 0.1) is 5.82 Å². The highest BCUT2D eigenvalue weighted by atomic mass is 79.9. The van der Waals surface area contributed by atoms with Crippen molar-refractivity contribution in [2.45, 2.75) is 0 Å². The lowest BCUT2D eigenvalue weighted by Gasteiger charge is -2.29. The van der Waals surface area contributed by atoms with E-state index in [9.17, 15) is 9.18 Å². The summed E-state index contributed by atoms with van der Waals surface area (Å²) in [4.78, 5) is 14.2. The summed E-state index contributed by atoms with van der Waals surface area (Å²) in [5.74, 6) is 0.161. The Hall–Kier alpha value is -1.88. The molecule has 1 aliphatic rings. The van der Waals surface area contributed by atoms with Gasteiger partial charge in [0.1, 0.15) is 18.2 Å². The lowest BCUT2D eigenvalue weighted by molar-refractivity contribution is 0.0976. The first-order chi connectivity index (χ1) is 9.65. The molecule has 2 aromatic carbocycles. The molecule has 1 heterocycles. The average Bonchev–Trinajstić information content (AvgIpc) is 2.46. The van der Waals surface area contributed by atoms with E-state index in [1.54, 1.807) is 4.90 Å². The van der Waals surface area contributed by atoms with Gasteiger partial charge in [0.25, 0.3) is 5.91 Å². The predicted octanol–water partition coefficient (Wildman–Crippen LogP) is 3.63. The first-order valence-corrected chi connectivity index (χ1v) is 6.94. The van der Waals surface area contributed by atoms with Gasteiger partial charge in [0.05, 0.1) is 12.2 Å². The fraction of sp³-hybridized carbons (Fsp3) is 0.133. The van der Waals surface area contributed by atoms with Gasteiger partial charge in [0, 0.05) is 10.0 Å². The van der Waals surface area contributed by atoms with Crippen LogP contribution in [0.2, 0.25) is 0 Å². The van der Waals surface area contributed by atoms with E-state index in [-0.39, 0.29) is 11.7 Å². The number of nitrogens with zero attached hydrogens (tertiary/aromatic N) is 1. The molecule has 0 fully saturated rings. The number of halogens is 2. The fourth-order valence-electron chi connectivity index (χ4n) is 2.15. The molecule has 0 N–H and O–H groups in total. The third-order valence-electron chi connectivity index (χ3n) is 3.12. The Morgan fingerprint density at radius 2 is 1.95 bits per heavy atom. The molecule has 0 saturated carbocycles. The molecule has 0 atom stereocenters. The molecule has 102 valence electrons. The summed E-state index contributed by atoms with van der Waals surface area (Å²) in [5, 5.41) is 0.